The van der Waals surface area contributed by atoms with E-state index in [0.29, 0.717) is 6.04 Å². The largest absolute Gasteiger partial charge is 0.512 e. The zero-order valence-electron chi connectivity index (χ0n) is 28.9. The van der Waals surface area contributed by atoms with Crippen LogP contribution in [0.5, 0.6) is 0 Å². The van der Waals surface area contributed by atoms with Gasteiger partial charge in [0.25, 0.3) is 0 Å². The predicted molar refractivity (Wildman–Crippen MR) is 188 cm³/mol. The number of allylic oxidation sites excluding steroid dienone is 2. The van der Waals surface area contributed by atoms with Crippen LogP contribution in [-0.4, -0.2) is 20.9 Å². The fraction of sp³-hybridized carbons (Fsp3) is 0.410. The minimum absolute atomic E-state index is 0. The zero-order valence-corrected chi connectivity index (χ0v) is 31.1. The summed E-state index contributed by atoms with van der Waals surface area (Å²) in [5, 5.41) is 12.8. The summed E-state index contributed by atoms with van der Waals surface area (Å²) in [6.07, 6.45) is 7.58. The van der Waals surface area contributed by atoms with Crippen LogP contribution in [0.2, 0.25) is 0 Å². The van der Waals surface area contributed by atoms with Crippen LogP contribution in [0.4, 0.5) is 0 Å². The van der Waals surface area contributed by atoms with Gasteiger partial charge in [-0.15, -0.1) is 41.0 Å². The molecule has 4 nitrogen and oxygen atoms in total. The summed E-state index contributed by atoms with van der Waals surface area (Å²) in [7, 11) is 0. The summed E-state index contributed by atoms with van der Waals surface area (Å²) in [4.78, 5) is 20.9. The Morgan fingerprint density at radius 2 is 1.69 bits per heavy atom. The van der Waals surface area contributed by atoms with Gasteiger partial charge in [0.1, 0.15) is 6.33 Å². The summed E-state index contributed by atoms with van der Waals surface area (Å²) in [6, 6.07) is 18.3. The molecule has 5 rings (SSSR count). The molecule has 0 aliphatic rings. The molecule has 2 aromatic heterocycles. The zero-order chi connectivity index (χ0) is 32.9. The SMILES string of the molecule is CCC(CC)C(=O)/C=C(\O)C(CC)CC.[2H]c1cc(-c2ncnc3c2sc2cc(CC(C)(C)C)c(C)cc23)[c-]c2ccccc12.[Ir]. The van der Waals surface area contributed by atoms with Crippen molar-refractivity contribution in [2.45, 2.75) is 87.5 Å². The second kappa shape index (κ2) is 16.1. The first-order valence-corrected chi connectivity index (χ1v) is 16.7. The molecule has 0 fully saturated rings. The molecular weight excluding hydrogens is 753 g/mol. The third-order valence-corrected chi connectivity index (χ3v) is 9.48. The number of fused-ring (bicyclic) bond motifs is 4. The summed E-state index contributed by atoms with van der Waals surface area (Å²) in [5.41, 5.74) is 5.63. The number of aromatic nitrogens is 2. The number of ketones is 1. The summed E-state index contributed by atoms with van der Waals surface area (Å²) in [5.74, 6) is 0.547. The Kier molecular flexibility index (Phi) is 12.5. The van der Waals surface area contributed by atoms with E-state index in [1.165, 1.54) is 27.3 Å². The fourth-order valence-electron chi connectivity index (χ4n) is 5.68. The molecule has 0 aliphatic carbocycles. The van der Waals surface area contributed by atoms with E-state index in [4.69, 9.17) is 1.37 Å². The van der Waals surface area contributed by atoms with Crippen LogP contribution in [0, 0.1) is 30.2 Å². The Balaban J connectivity index is 0.000000309. The van der Waals surface area contributed by atoms with Crippen LogP contribution < -0.4 is 0 Å². The van der Waals surface area contributed by atoms with E-state index < -0.39 is 0 Å². The monoisotopic (exact) mass is 801 g/mol. The maximum Gasteiger partial charge on any atom is 0.162 e. The minimum Gasteiger partial charge on any atom is -0.512 e. The molecule has 2 heterocycles. The summed E-state index contributed by atoms with van der Waals surface area (Å²) in [6.45, 7) is 17.1. The van der Waals surface area contributed by atoms with E-state index in [-0.39, 0.29) is 48.9 Å². The molecule has 1 N–H and O–H groups in total. The maximum absolute atomic E-state index is 11.7. The molecule has 0 bridgehead atoms. The van der Waals surface area contributed by atoms with E-state index in [9.17, 15) is 9.90 Å². The van der Waals surface area contributed by atoms with E-state index in [1.807, 2.05) is 58.0 Å². The van der Waals surface area contributed by atoms with Gasteiger partial charge in [-0.1, -0.05) is 77.6 Å². The number of benzene rings is 3. The second-order valence-electron chi connectivity index (χ2n) is 12.9. The molecule has 0 aliphatic heterocycles. The van der Waals surface area contributed by atoms with Gasteiger partial charge in [0, 0.05) is 59.9 Å². The number of aryl methyl sites for hydroxylation is 1. The van der Waals surface area contributed by atoms with Crippen molar-refractivity contribution in [2.75, 3.05) is 0 Å². The molecule has 1 radical (unpaired) electrons. The minimum atomic E-state index is 0. The number of carbonyl (C=O) groups excluding carboxylic acids is 1. The predicted octanol–water partition coefficient (Wildman–Crippen LogP) is 11.2. The molecule has 0 saturated carbocycles. The maximum atomic E-state index is 11.7. The quantitative estimate of drug-likeness (QED) is 0.0916. The van der Waals surface area contributed by atoms with Gasteiger partial charge in [0.15, 0.2) is 5.78 Å². The molecular formula is C39H47IrN2O2S-. The van der Waals surface area contributed by atoms with Crippen molar-refractivity contribution in [3.05, 3.63) is 83.9 Å². The van der Waals surface area contributed by atoms with Crippen LogP contribution in [0.25, 0.3) is 42.3 Å². The number of rotatable bonds is 9. The van der Waals surface area contributed by atoms with Gasteiger partial charge in [-0.2, -0.15) is 0 Å². The van der Waals surface area contributed by atoms with Crippen molar-refractivity contribution < 1.29 is 31.4 Å². The van der Waals surface area contributed by atoms with Gasteiger partial charge in [0.05, 0.1) is 11.3 Å². The first-order valence-electron chi connectivity index (χ1n) is 16.4. The van der Waals surface area contributed by atoms with Gasteiger partial charge in [-0.25, -0.2) is 4.98 Å². The normalized spacial score (nSPS) is 12.4. The smallest absolute Gasteiger partial charge is 0.162 e. The van der Waals surface area contributed by atoms with Gasteiger partial charge >= 0.3 is 0 Å². The second-order valence-corrected chi connectivity index (χ2v) is 13.9. The van der Waals surface area contributed by atoms with E-state index in [2.05, 4.69) is 55.9 Å². The van der Waals surface area contributed by atoms with Crippen LogP contribution in [-0.2, 0) is 31.3 Å². The van der Waals surface area contributed by atoms with Crippen molar-refractivity contribution in [3.63, 3.8) is 0 Å². The molecule has 0 saturated heterocycles. The number of hydrogen-bond acceptors (Lipinski definition) is 5. The number of aliphatic hydroxyl groups is 1. The molecule has 0 unspecified atom stereocenters. The van der Waals surface area contributed by atoms with E-state index in [1.54, 1.807) is 17.7 Å². The summed E-state index contributed by atoms with van der Waals surface area (Å²) >= 11 is 1.74. The average molecular weight is 801 g/mol. The van der Waals surface area contributed by atoms with Crippen molar-refractivity contribution in [1.82, 2.24) is 9.97 Å². The van der Waals surface area contributed by atoms with Gasteiger partial charge in [-0.3, -0.25) is 9.78 Å². The summed E-state index contributed by atoms with van der Waals surface area (Å²) < 4.78 is 10.7. The molecule has 5 aromatic rings. The first kappa shape index (κ1) is 34.9. The van der Waals surface area contributed by atoms with Gasteiger partial charge in [-0.05, 0) is 67.7 Å². The molecule has 0 atom stereocenters. The fourth-order valence-corrected chi connectivity index (χ4v) is 6.89. The third-order valence-electron chi connectivity index (χ3n) is 8.34. The number of hydrogen-bond donors (Lipinski definition) is 1. The van der Waals surface area contributed by atoms with Crippen LogP contribution >= 0.6 is 11.3 Å². The number of carbonyl (C=O) groups is 1. The Hall–Kier alpha value is -2.92. The molecule has 45 heavy (non-hydrogen) atoms. The topological polar surface area (TPSA) is 63.1 Å². The number of nitrogens with zero attached hydrogens (tertiary/aromatic N) is 2. The number of aliphatic hydroxyl groups excluding tert-OH is 1. The van der Waals surface area contributed by atoms with Crippen molar-refractivity contribution in [1.29, 1.82) is 0 Å². The van der Waals surface area contributed by atoms with Gasteiger partial charge < -0.3 is 5.11 Å². The molecule has 6 heteroatoms. The Morgan fingerprint density at radius 3 is 2.33 bits per heavy atom. The first-order chi connectivity index (χ1) is 21.4. The van der Waals surface area contributed by atoms with E-state index >= 15 is 0 Å². The standard InChI is InChI=1S/C26H23N2S.C13H24O2.Ir/c1-16-11-21-22(13-20(16)14-26(2,3)4)29-25-23(27-15-28-24(21)25)19-10-9-17-7-5-6-8-18(17)12-19;1-5-10(6-2)12(14)9-13(15)11(7-3)8-4;/h5-11,13,15H,14H2,1-4H3;9-11,14H,5-8H2,1-4H3;/q-1;;/b;12-9-;/i9D;;. The van der Waals surface area contributed by atoms with Crippen LogP contribution in [0.15, 0.2) is 66.7 Å². The number of thiophene rings is 1. The van der Waals surface area contributed by atoms with Crippen molar-refractivity contribution in [2.24, 2.45) is 17.3 Å². The Morgan fingerprint density at radius 1 is 1.02 bits per heavy atom. The average Bonchev–Trinajstić information content (AvgIpc) is 3.35. The van der Waals surface area contributed by atoms with Crippen molar-refractivity contribution >= 4 is 48.2 Å². The molecule has 0 spiro atoms. The van der Waals surface area contributed by atoms with Crippen LogP contribution in [0.1, 0.15) is 86.6 Å². The Labute approximate surface area is 288 Å². The van der Waals surface area contributed by atoms with Gasteiger partial charge in [0.2, 0.25) is 0 Å². The van der Waals surface area contributed by atoms with Crippen molar-refractivity contribution in [3.8, 4) is 11.3 Å². The molecule has 0 amide bonds. The Bertz CT molecular complexity index is 1830. The third kappa shape index (κ3) is 8.87. The van der Waals surface area contributed by atoms with E-state index in [0.717, 1.165) is 64.4 Å². The molecule has 3 aromatic carbocycles. The molecule has 241 valence electrons. The van der Waals surface area contributed by atoms with Crippen LogP contribution in [0.3, 0.4) is 0 Å².